The van der Waals surface area contributed by atoms with Gasteiger partial charge in [0.15, 0.2) is 12.2 Å². The van der Waals surface area contributed by atoms with Gasteiger partial charge in [-0.3, -0.25) is 37.3 Å². The van der Waals surface area contributed by atoms with Gasteiger partial charge in [0.05, 0.1) is 26.4 Å². The fraction of sp³-hybridized carbons (Fsp3) is 0.951. The second-order valence-electron chi connectivity index (χ2n) is 30.7. The third-order valence-corrected chi connectivity index (χ3v) is 21.4. The van der Waals surface area contributed by atoms with E-state index in [1.54, 1.807) is 0 Å². The lowest BCUT2D eigenvalue weighted by atomic mass is 9.99. The summed E-state index contributed by atoms with van der Waals surface area (Å²) in [5.74, 6) is 0.258. The Morgan fingerprint density at radius 3 is 0.752 bits per heavy atom. The molecule has 0 rings (SSSR count). The van der Waals surface area contributed by atoms with E-state index in [9.17, 15) is 43.2 Å². The third-order valence-electron chi connectivity index (χ3n) is 19.5. The second-order valence-corrected chi connectivity index (χ2v) is 33.6. The van der Waals surface area contributed by atoms with E-state index < -0.39 is 97.5 Å². The van der Waals surface area contributed by atoms with Crippen LogP contribution < -0.4 is 0 Å². The predicted molar refractivity (Wildman–Crippen MR) is 414 cm³/mol. The standard InChI is InChI=1S/C82H160O17P2/c1-8-10-11-12-13-14-15-16-17-18-22-28-35-42-49-56-63-79(84)92-69-77(98-81(86)65-58-51-44-36-29-23-20-19-21-27-34-41-48-55-62-75(7)9-2)71-96-100(88,89)94-67-76(83)68-95-101(90,91)97-72-78(70-93-80(85)64-57-50-43-38-31-33-40-47-54-61-74(5)6)99-82(87)66-59-52-45-37-30-25-24-26-32-39-46-53-60-73(3)4/h73-78,83H,8-72H2,1-7H3,(H,88,89)(H,90,91)/t75?,76-,77-,78-/m1/s1. The highest BCUT2D eigenvalue weighted by Crippen LogP contribution is 2.45. The van der Waals surface area contributed by atoms with Gasteiger partial charge in [0, 0.05) is 25.7 Å². The van der Waals surface area contributed by atoms with Gasteiger partial charge >= 0.3 is 39.5 Å². The monoisotopic (exact) mass is 1480 g/mol. The van der Waals surface area contributed by atoms with Crippen LogP contribution in [0.15, 0.2) is 0 Å². The van der Waals surface area contributed by atoms with Crippen LogP contribution in [-0.4, -0.2) is 96.7 Å². The zero-order chi connectivity index (χ0) is 74.4. The minimum Gasteiger partial charge on any atom is -0.462 e. The summed E-state index contributed by atoms with van der Waals surface area (Å²) >= 11 is 0. The number of carbonyl (C=O) groups is 4. The molecule has 0 aliphatic carbocycles. The van der Waals surface area contributed by atoms with Crippen LogP contribution in [0.4, 0.5) is 0 Å². The summed E-state index contributed by atoms with van der Waals surface area (Å²) in [6, 6.07) is 0. The zero-order valence-electron chi connectivity index (χ0n) is 66.4. The highest BCUT2D eigenvalue weighted by molar-refractivity contribution is 7.47. The topological polar surface area (TPSA) is 237 Å². The van der Waals surface area contributed by atoms with Crippen LogP contribution in [0.25, 0.3) is 0 Å². The Morgan fingerprint density at radius 1 is 0.287 bits per heavy atom. The van der Waals surface area contributed by atoms with Crippen LogP contribution in [-0.2, 0) is 65.4 Å². The van der Waals surface area contributed by atoms with Crippen LogP contribution in [0.2, 0.25) is 0 Å². The maximum Gasteiger partial charge on any atom is 0.472 e. The fourth-order valence-electron chi connectivity index (χ4n) is 12.6. The Labute approximate surface area is 619 Å². The first kappa shape index (κ1) is 99.1. The molecule has 17 nitrogen and oxygen atoms in total. The Bertz CT molecular complexity index is 1960. The first-order chi connectivity index (χ1) is 48.8. The van der Waals surface area contributed by atoms with Crippen molar-refractivity contribution in [1.29, 1.82) is 0 Å². The molecule has 6 atom stereocenters. The fourth-order valence-corrected chi connectivity index (χ4v) is 14.2. The van der Waals surface area contributed by atoms with E-state index in [-0.39, 0.29) is 25.7 Å². The van der Waals surface area contributed by atoms with E-state index in [1.807, 2.05) is 0 Å². The molecule has 0 saturated carbocycles. The van der Waals surface area contributed by atoms with E-state index in [0.717, 1.165) is 108 Å². The summed E-state index contributed by atoms with van der Waals surface area (Å²) in [4.78, 5) is 73.1. The molecule has 0 aromatic heterocycles. The molecule has 0 aliphatic heterocycles. The summed E-state index contributed by atoms with van der Waals surface area (Å²) in [6.07, 6.45) is 60.9. The molecule has 19 heteroatoms. The number of rotatable bonds is 80. The van der Waals surface area contributed by atoms with Crippen LogP contribution in [0.3, 0.4) is 0 Å². The SMILES string of the molecule is CCCCCCCCCCCCCCCCCCC(=O)OC[C@H](COP(=O)(O)OC[C@@H](O)COP(=O)(O)OC[C@@H](COC(=O)CCCCCCCCCCCC(C)C)OC(=O)CCCCCCCCCCCCCCC(C)C)OC(=O)CCCCCCCCCCCCCCCCC(C)CC. The van der Waals surface area contributed by atoms with Crippen molar-refractivity contribution in [3.63, 3.8) is 0 Å². The van der Waals surface area contributed by atoms with Crippen LogP contribution in [0.1, 0.15) is 427 Å². The molecule has 0 aromatic rings. The molecule has 0 radical (unpaired) electrons. The van der Waals surface area contributed by atoms with Gasteiger partial charge in [-0.1, -0.05) is 376 Å². The molecule has 0 saturated heterocycles. The van der Waals surface area contributed by atoms with Crippen molar-refractivity contribution in [3.05, 3.63) is 0 Å². The molecule has 0 aliphatic rings. The summed E-state index contributed by atoms with van der Waals surface area (Å²) < 4.78 is 68.8. The number of hydrogen-bond acceptors (Lipinski definition) is 15. The first-order valence-electron chi connectivity index (χ1n) is 42.4. The van der Waals surface area contributed by atoms with Gasteiger partial charge < -0.3 is 33.8 Å². The van der Waals surface area contributed by atoms with Crippen molar-refractivity contribution >= 4 is 39.5 Å². The average molecular weight is 1480 g/mol. The van der Waals surface area contributed by atoms with Crippen molar-refractivity contribution in [2.75, 3.05) is 39.6 Å². The molecule has 0 aromatic carbocycles. The molecule has 0 amide bonds. The Morgan fingerprint density at radius 2 is 0.505 bits per heavy atom. The number of phosphoric acid groups is 2. The van der Waals surface area contributed by atoms with Gasteiger partial charge in [0.25, 0.3) is 0 Å². The van der Waals surface area contributed by atoms with Gasteiger partial charge in [-0.2, -0.15) is 0 Å². The van der Waals surface area contributed by atoms with Gasteiger partial charge in [-0.05, 0) is 43.4 Å². The second kappa shape index (κ2) is 72.3. The largest absolute Gasteiger partial charge is 0.472 e. The van der Waals surface area contributed by atoms with E-state index in [0.29, 0.717) is 25.7 Å². The first-order valence-corrected chi connectivity index (χ1v) is 45.4. The number of carbonyl (C=O) groups excluding carboxylic acids is 4. The zero-order valence-corrected chi connectivity index (χ0v) is 68.2. The molecule has 3 N–H and O–H groups in total. The molecule has 101 heavy (non-hydrogen) atoms. The number of hydrogen-bond donors (Lipinski definition) is 3. The van der Waals surface area contributed by atoms with Crippen molar-refractivity contribution < 1.29 is 80.2 Å². The summed E-state index contributed by atoms with van der Waals surface area (Å²) in [7, 11) is -9.92. The smallest absolute Gasteiger partial charge is 0.462 e. The molecule has 0 heterocycles. The summed E-state index contributed by atoms with van der Waals surface area (Å²) in [5, 5.41) is 10.7. The van der Waals surface area contributed by atoms with Crippen molar-refractivity contribution in [3.8, 4) is 0 Å². The Balaban J connectivity index is 5.27. The lowest BCUT2D eigenvalue weighted by molar-refractivity contribution is -0.161. The van der Waals surface area contributed by atoms with E-state index in [4.69, 9.17) is 37.0 Å². The molecule has 0 fully saturated rings. The molecule has 3 unspecified atom stereocenters. The van der Waals surface area contributed by atoms with E-state index in [1.165, 1.54) is 238 Å². The van der Waals surface area contributed by atoms with Gasteiger partial charge in [0.1, 0.15) is 19.3 Å². The minimum absolute atomic E-state index is 0.107. The predicted octanol–water partition coefficient (Wildman–Crippen LogP) is 24.5. The lowest BCUT2D eigenvalue weighted by Gasteiger charge is -2.21. The highest BCUT2D eigenvalue weighted by Gasteiger charge is 2.30. The summed E-state index contributed by atoms with van der Waals surface area (Å²) in [5.41, 5.74) is 0. The normalized spacial score (nSPS) is 14.2. The van der Waals surface area contributed by atoms with Crippen molar-refractivity contribution in [1.82, 2.24) is 0 Å². The van der Waals surface area contributed by atoms with E-state index in [2.05, 4.69) is 48.5 Å². The van der Waals surface area contributed by atoms with Crippen LogP contribution >= 0.6 is 15.6 Å². The van der Waals surface area contributed by atoms with Crippen LogP contribution in [0, 0.1) is 17.8 Å². The van der Waals surface area contributed by atoms with E-state index >= 15 is 0 Å². The van der Waals surface area contributed by atoms with Crippen LogP contribution in [0.5, 0.6) is 0 Å². The molecule has 0 spiro atoms. The molecule has 600 valence electrons. The van der Waals surface area contributed by atoms with Gasteiger partial charge in [0.2, 0.25) is 0 Å². The number of aliphatic hydroxyl groups is 1. The average Bonchev–Trinajstić information content (AvgIpc) is 0.925. The van der Waals surface area contributed by atoms with Gasteiger partial charge in [-0.25, -0.2) is 9.13 Å². The quantitative estimate of drug-likeness (QED) is 0.0222. The molecule has 0 bridgehead atoms. The maximum absolute atomic E-state index is 13.1. The minimum atomic E-state index is -4.96. The maximum atomic E-state index is 13.1. The number of esters is 4. The number of aliphatic hydroxyl groups excluding tert-OH is 1. The number of ether oxygens (including phenoxy) is 4. The Kier molecular flexibility index (Phi) is 70.9. The van der Waals surface area contributed by atoms with Crippen molar-refractivity contribution in [2.45, 2.75) is 446 Å². The highest BCUT2D eigenvalue weighted by atomic mass is 31.2. The number of phosphoric ester groups is 2. The lowest BCUT2D eigenvalue weighted by Crippen LogP contribution is -2.30. The Hall–Kier alpha value is -1.94. The van der Waals surface area contributed by atoms with Gasteiger partial charge in [-0.15, -0.1) is 0 Å². The molecular weight excluding hydrogens is 1320 g/mol. The van der Waals surface area contributed by atoms with Crippen molar-refractivity contribution in [2.24, 2.45) is 17.8 Å². The molecular formula is C82H160O17P2. The number of unbranched alkanes of at least 4 members (excludes halogenated alkanes) is 47. The summed E-state index contributed by atoms with van der Waals surface area (Å²) in [6.45, 7) is 12.0. The third kappa shape index (κ3) is 74.7.